The van der Waals surface area contributed by atoms with Gasteiger partial charge in [0.05, 0.1) is 6.61 Å². The van der Waals surface area contributed by atoms with Crippen LogP contribution in [-0.4, -0.2) is 28.8 Å². The van der Waals surface area contributed by atoms with Gasteiger partial charge in [0.25, 0.3) is 0 Å². The van der Waals surface area contributed by atoms with E-state index in [0.717, 1.165) is 12.0 Å². The average molecular weight is 265 g/mol. The van der Waals surface area contributed by atoms with Crippen molar-refractivity contribution < 1.29 is 10.3 Å². The SMILES string of the molecule is CC(C)CC(CO)NCc1ccc(C(N)=NO)cc1. The number of nitrogens with zero attached hydrogens (tertiary/aromatic N) is 1. The number of aliphatic hydroxyl groups excluding tert-OH is 1. The Hall–Kier alpha value is -1.59. The molecule has 0 aliphatic carbocycles. The number of hydrogen-bond acceptors (Lipinski definition) is 4. The van der Waals surface area contributed by atoms with E-state index in [4.69, 9.17) is 10.9 Å². The molecule has 1 atom stereocenters. The Labute approximate surface area is 114 Å². The second-order valence-corrected chi connectivity index (χ2v) is 5.07. The fourth-order valence-electron chi connectivity index (χ4n) is 1.90. The van der Waals surface area contributed by atoms with Crippen LogP contribution < -0.4 is 11.1 Å². The molecule has 5 N–H and O–H groups in total. The van der Waals surface area contributed by atoms with Crippen LogP contribution in [0, 0.1) is 5.92 Å². The number of oxime groups is 1. The molecule has 0 heterocycles. The summed E-state index contributed by atoms with van der Waals surface area (Å²) in [4.78, 5) is 0. The van der Waals surface area contributed by atoms with Crippen molar-refractivity contribution in [3.05, 3.63) is 35.4 Å². The Balaban J connectivity index is 2.53. The highest BCUT2D eigenvalue weighted by Gasteiger charge is 2.09. The predicted molar refractivity (Wildman–Crippen MR) is 76.1 cm³/mol. The molecule has 1 aromatic rings. The number of aliphatic hydroxyl groups is 1. The maximum absolute atomic E-state index is 9.28. The second-order valence-electron chi connectivity index (χ2n) is 5.07. The van der Waals surface area contributed by atoms with Gasteiger partial charge in [0, 0.05) is 18.2 Å². The van der Waals surface area contributed by atoms with E-state index in [-0.39, 0.29) is 18.5 Å². The molecule has 106 valence electrons. The van der Waals surface area contributed by atoms with Crippen molar-refractivity contribution in [2.45, 2.75) is 32.9 Å². The molecule has 0 spiro atoms. The van der Waals surface area contributed by atoms with Crippen molar-refractivity contribution in [3.8, 4) is 0 Å². The van der Waals surface area contributed by atoms with E-state index in [1.807, 2.05) is 24.3 Å². The maximum Gasteiger partial charge on any atom is 0.170 e. The van der Waals surface area contributed by atoms with Crippen molar-refractivity contribution in [1.82, 2.24) is 5.32 Å². The molecule has 0 amide bonds. The molecule has 19 heavy (non-hydrogen) atoms. The average Bonchev–Trinajstić information content (AvgIpc) is 2.42. The molecule has 0 saturated heterocycles. The van der Waals surface area contributed by atoms with Crippen LogP contribution in [0.25, 0.3) is 0 Å². The van der Waals surface area contributed by atoms with Gasteiger partial charge in [0.2, 0.25) is 0 Å². The van der Waals surface area contributed by atoms with E-state index in [1.54, 1.807) is 0 Å². The van der Waals surface area contributed by atoms with Gasteiger partial charge in [-0.1, -0.05) is 43.3 Å². The van der Waals surface area contributed by atoms with Crippen molar-refractivity contribution >= 4 is 5.84 Å². The summed E-state index contributed by atoms with van der Waals surface area (Å²) in [5, 5.41) is 24.1. The van der Waals surface area contributed by atoms with Crippen molar-refractivity contribution in [2.75, 3.05) is 6.61 Å². The zero-order chi connectivity index (χ0) is 14.3. The number of amidine groups is 1. The van der Waals surface area contributed by atoms with Gasteiger partial charge in [-0.05, 0) is 17.9 Å². The lowest BCUT2D eigenvalue weighted by Gasteiger charge is -2.18. The minimum absolute atomic E-state index is 0.104. The molecule has 0 aromatic heterocycles. The van der Waals surface area contributed by atoms with Gasteiger partial charge >= 0.3 is 0 Å². The van der Waals surface area contributed by atoms with E-state index >= 15 is 0 Å². The summed E-state index contributed by atoms with van der Waals surface area (Å²) in [7, 11) is 0. The van der Waals surface area contributed by atoms with Gasteiger partial charge in [-0.2, -0.15) is 0 Å². The summed E-state index contributed by atoms with van der Waals surface area (Å²) in [5.74, 6) is 0.653. The minimum atomic E-state index is 0.104. The molecule has 0 aliphatic heterocycles. The smallest absolute Gasteiger partial charge is 0.170 e. The van der Waals surface area contributed by atoms with Gasteiger partial charge in [-0.3, -0.25) is 0 Å². The first-order valence-corrected chi connectivity index (χ1v) is 6.48. The lowest BCUT2D eigenvalue weighted by molar-refractivity contribution is 0.223. The predicted octanol–water partition coefficient (Wildman–Crippen LogP) is 1.28. The topological polar surface area (TPSA) is 90.9 Å². The van der Waals surface area contributed by atoms with E-state index in [0.29, 0.717) is 18.0 Å². The summed E-state index contributed by atoms with van der Waals surface area (Å²) < 4.78 is 0. The third-order valence-electron chi connectivity index (χ3n) is 2.93. The first-order valence-electron chi connectivity index (χ1n) is 6.48. The third-order valence-corrected chi connectivity index (χ3v) is 2.93. The van der Waals surface area contributed by atoms with Crippen LogP contribution >= 0.6 is 0 Å². The molecule has 0 radical (unpaired) electrons. The van der Waals surface area contributed by atoms with Crippen LogP contribution in [-0.2, 0) is 6.54 Å². The Bertz CT molecular complexity index is 402. The molecule has 1 unspecified atom stereocenters. The van der Waals surface area contributed by atoms with Crippen LogP contribution in [0.1, 0.15) is 31.4 Å². The van der Waals surface area contributed by atoms with Crippen molar-refractivity contribution in [3.63, 3.8) is 0 Å². The highest BCUT2D eigenvalue weighted by atomic mass is 16.4. The summed E-state index contributed by atoms with van der Waals surface area (Å²) in [6.07, 6.45) is 0.943. The number of hydrogen-bond donors (Lipinski definition) is 4. The van der Waals surface area contributed by atoms with Crippen LogP contribution in [0.2, 0.25) is 0 Å². The quantitative estimate of drug-likeness (QED) is 0.259. The molecule has 0 aliphatic rings. The largest absolute Gasteiger partial charge is 0.409 e. The summed E-state index contributed by atoms with van der Waals surface area (Å²) in [6, 6.07) is 7.57. The van der Waals surface area contributed by atoms with E-state index in [9.17, 15) is 5.11 Å². The van der Waals surface area contributed by atoms with Crippen LogP contribution in [0.3, 0.4) is 0 Å². The number of nitrogens with two attached hydrogens (primary N) is 1. The van der Waals surface area contributed by atoms with Gasteiger partial charge in [-0.15, -0.1) is 0 Å². The summed E-state index contributed by atoms with van der Waals surface area (Å²) >= 11 is 0. The first kappa shape index (κ1) is 15.5. The third kappa shape index (κ3) is 5.28. The van der Waals surface area contributed by atoms with Gasteiger partial charge in [0.15, 0.2) is 5.84 Å². The molecule has 1 aromatic carbocycles. The molecule has 5 heteroatoms. The van der Waals surface area contributed by atoms with Crippen LogP contribution in [0.4, 0.5) is 0 Å². The molecule has 5 nitrogen and oxygen atoms in total. The molecule has 0 fully saturated rings. The molecular weight excluding hydrogens is 242 g/mol. The Morgan fingerprint density at radius 3 is 2.42 bits per heavy atom. The molecule has 0 bridgehead atoms. The zero-order valence-electron chi connectivity index (χ0n) is 11.5. The Morgan fingerprint density at radius 1 is 1.32 bits per heavy atom. The molecular formula is C14H23N3O2. The number of nitrogens with one attached hydrogen (secondary N) is 1. The van der Waals surface area contributed by atoms with Gasteiger partial charge in [0.1, 0.15) is 0 Å². The highest BCUT2D eigenvalue weighted by Crippen LogP contribution is 2.07. The van der Waals surface area contributed by atoms with E-state index in [2.05, 4.69) is 24.3 Å². The lowest BCUT2D eigenvalue weighted by Crippen LogP contribution is -2.33. The fraction of sp³-hybridized carbons (Fsp3) is 0.500. The van der Waals surface area contributed by atoms with Crippen LogP contribution in [0.15, 0.2) is 29.4 Å². The maximum atomic E-state index is 9.28. The summed E-state index contributed by atoms with van der Waals surface area (Å²) in [6.45, 7) is 5.10. The zero-order valence-corrected chi connectivity index (χ0v) is 11.5. The second kappa shape index (κ2) is 7.76. The Kier molecular flexibility index (Phi) is 6.32. The van der Waals surface area contributed by atoms with Crippen molar-refractivity contribution in [2.24, 2.45) is 16.8 Å². The van der Waals surface area contributed by atoms with E-state index in [1.165, 1.54) is 0 Å². The number of benzene rings is 1. The monoisotopic (exact) mass is 265 g/mol. The van der Waals surface area contributed by atoms with E-state index < -0.39 is 0 Å². The summed E-state index contributed by atoms with van der Waals surface area (Å²) in [5.41, 5.74) is 7.28. The molecule has 0 saturated carbocycles. The lowest BCUT2D eigenvalue weighted by atomic mass is 10.0. The van der Waals surface area contributed by atoms with Gasteiger partial charge in [-0.25, -0.2) is 0 Å². The number of rotatable bonds is 7. The van der Waals surface area contributed by atoms with Crippen LogP contribution in [0.5, 0.6) is 0 Å². The minimum Gasteiger partial charge on any atom is -0.409 e. The standard InChI is InChI=1S/C14H23N3O2/c1-10(2)7-13(9-18)16-8-11-3-5-12(6-4-11)14(15)17-19/h3-6,10,13,16,18-19H,7-9H2,1-2H3,(H2,15,17). The van der Waals surface area contributed by atoms with Gasteiger partial charge < -0.3 is 21.4 Å². The molecule has 1 rings (SSSR count). The fourth-order valence-corrected chi connectivity index (χ4v) is 1.90. The normalized spacial score (nSPS) is 13.8. The highest BCUT2D eigenvalue weighted by molar-refractivity contribution is 5.96. The first-order chi connectivity index (χ1) is 9.06. The Morgan fingerprint density at radius 2 is 1.95 bits per heavy atom. The van der Waals surface area contributed by atoms with Crippen molar-refractivity contribution in [1.29, 1.82) is 0 Å².